The van der Waals surface area contributed by atoms with Crippen molar-refractivity contribution < 1.29 is 14.7 Å². The Bertz CT molecular complexity index is 485. The third-order valence-electron chi connectivity index (χ3n) is 2.75. The lowest BCUT2D eigenvalue weighted by Gasteiger charge is -2.14. The molecule has 1 unspecified atom stereocenters. The quantitative estimate of drug-likeness (QED) is 0.700. The fraction of sp³-hybridized carbons (Fsp3) is 0.308. The zero-order valence-electron chi connectivity index (χ0n) is 10.4. The molecule has 0 aliphatic carbocycles. The standard InChI is InChI=1S/C13H15BrN2O3/c1-2-8(11(15)13(18)19)7-16-12(17)9-3-5-10(14)6-4-9/h3-6,8,15H,2,7H2,1H3,(H,16,17)(H,18,19). The van der Waals surface area contributed by atoms with E-state index in [0.717, 1.165) is 4.47 Å². The van der Waals surface area contributed by atoms with E-state index in [0.29, 0.717) is 12.0 Å². The number of amides is 1. The van der Waals surface area contributed by atoms with Gasteiger partial charge >= 0.3 is 5.97 Å². The summed E-state index contributed by atoms with van der Waals surface area (Å²) in [5, 5.41) is 18.8. The molecule has 1 rings (SSSR count). The van der Waals surface area contributed by atoms with Crippen molar-refractivity contribution in [3.63, 3.8) is 0 Å². The first-order valence-corrected chi connectivity index (χ1v) is 6.60. The number of carbonyl (C=O) groups excluding carboxylic acids is 1. The number of nitrogens with one attached hydrogen (secondary N) is 2. The zero-order valence-corrected chi connectivity index (χ0v) is 12.0. The summed E-state index contributed by atoms with van der Waals surface area (Å²) in [6.07, 6.45) is 0.492. The smallest absolute Gasteiger partial charge is 0.349 e. The molecule has 5 nitrogen and oxygen atoms in total. The van der Waals surface area contributed by atoms with Crippen LogP contribution in [-0.2, 0) is 4.79 Å². The number of hydrogen-bond acceptors (Lipinski definition) is 3. The van der Waals surface area contributed by atoms with Gasteiger partial charge in [-0.2, -0.15) is 0 Å². The van der Waals surface area contributed by atoms with Crippen molar-refractivity contribution >= 4 is 33.5 Å². The van der Waals surface area contributed by atoms with Gasteiger partial charge in [-0.05, 0) is 30.7 Å². The van der Waals surface area contributed by atoms with E-state index in [9.17, 15) is 9.59 Å². The molecule has 0 aliphatic rings. The normalized spacial score (nSPS) is 11.7. The van der Waals surface area contributed by atoms with Crippen LogP contribution in [0.5, 0.6) is 0 Å². The van der Waals surface area contributed by atoms with E-state index in [1.54, 1.807) is 31.2 Å². The Balaban J connectivity index is 2.60. The van der Waals surface area contributed by atoms with Crippen molar-refractivity contribution in [3.8, 4) is 0 Å². The van der Waals surface area contributed by atoms with E-state index in [1.165, 1.54) is 0 Å². The maximum atomic E-state index is 11.8. The van der Waals surface area contributed by atoms with Crippen molar-refractivity contribution in [3.05, 3.63) is 34.3 Å². The number of carboxylic acids is 1. The van der Waals surface area contributed by atoms with Gasteiger partial charge in [-0.25, -0.2) is 4.79 Å². The highest BCUT2D eigenvalue weighted by atomic mass is 79.9. The molecule has 0 fully saturated rings. The lowest BCUT2D eigenvalue weighted by Crippen LogP contribution is -2.35. The molecule has 0 radical (unpaired) electrons. The monoisotopic (exact) mass is 326 g/mol. The van der Waals surface area contributed by atoms with Gasteiger partial charge in [0.25, 0.3) is 5.91 Å². The molecule has 0 heterocycles. The van der Waals surface area contributed by atoms with Gasteiger partial charge in [-0.15, -0.1) is 0 Å². The van der Waals surface area contributed by atoms with E-state index in [1.807, 2.05) is 0 Å². The summed E-state index contributed by atoms with van der Waals surface area (Å²) in [6.45, 7) is 1.93. The number of halogens is 1. The second-order valence-corrected chi connectivity index (χ2v) is 4.96. The van der Waals surface area contributed by atoms with Crippen LogP contribution in [0.15, 0.2) is 28.7 Å². The van der Waals surface area contributed by atoms with Gasteiger partial charge in [0.05, 0.1) is 0 Å². The fourth-order valence-electron chi connectivity index (χ4n) is 1.54. The van der Waals surface area contributed by atoms with Crippen LogP contribution in [0, 0.1) is 11.3 Å². The van der Waals surface area contributed by atoms with Gasteiger partial charge in [-0.3, -0.25) is 10.2 Å². The second kappa shape index (κ2) is 7.04. The van der Waals surface area contributed by atoms with Crippen molar-refractivity contribution in [2.24, 2.45) is 5.92 Å². The summed E-state index contributed by atoms with van der Waals surface area (Å²) in [4.78, 5) is 22.5. The molecule has 19 heavy (non-hydrogen) atoms. The van der Waals surface area contributed by atoms with Gasteiger partial charge in [0.2, 0.25) is 0 Å². The Morgan fingerprint density at radius 3 is 2.42 bits per heavy atom. The molecule has 1 aromatic carbocycles. The van der Waals surface area contributed by atoms with E-state index in [-0.39, 0.29) is 18.2 Å². The maximum absolute atomic E-state index is 11.8. The minimum Gasteiger partial charge on any atom is -0.477 e. The third-order valence-corrected chi connectivity index (χ3v) is 3.28. The molecule has 102 valence electrons. The molecule has 6 heteroatoms. The van der Waals surface area contributed by atoms with Gasteiger partial charge in [0.15, 0.2) is 0 Å². The number of carboxylic acid groups (broad SMARTS) is 1. The molecule has 3 N–H and O–H groups in total. The molecule has 0 saturated carbocycles. The van der Waals surface area contributed by atoms with Crippen LogP contribution in [0.1, 0.15) is 23.7 Å². The van der Waals surface area contributed by atoms with Crippen molar-refractivity contribution in [2.75, 3.05) is 6.54 Å². The number of carbonyl (C=O) groups is 2. The highest BCUT2D eigenvalue weighted by Crippen LogP contribution is 2.11. The van der Waals surface area contributed by atoms with Gasteiger partial charge in [0.1, 0.15) is 5.71 Å². The average molecular weight is 327 g/mol. The number of hydrogen-bond donors (Lipinski definition) is 3. The molecular weight excluding hydrogens is 312 g/mol. The summed E-state index contributed by atoms with van der Waals surface area (Å²) in [7, 11) is 0. The highest BCUT2D eigenvalue weighted by molar-refractivity contribution is 9.10. The van der Waals surface area contributed by atoms with E-state index in [4.69, 9.17) is 10.5 Å². The highest BCUT2D eigenvalue weighted by Gasteiger charge is 2.19. The SMILES string of the molecule is CCC(CNC(=O)c1ccc(Br)cc1)C(=N)C(=O)O. The van der Waals surface area contributed by atoms with Gasteiger partial charge in [-0.1, -0.05) is 22.9 Å². The molecule has 1 amide bonds. The first kappa shape index (κ1) is 15.4. The lowest BCUT2D eigenvalue weighted by molar-refractivity contribution is -0.129. The summed E-state index contributed by atoms with van der Waals surface area (Å²) >= 11 is 3.28. The Hall–Kier alpha value is -1.69. The average Bonchev–Trinajstić information content (AvgIpc) is 2.39. The summed E-state index contributed by atoms with van der Waals surface area (Å²) in [5.74, 6) is -1.99. The summed E-state index contributed by atoms with van der Waals surface area (Å²) in [6, 6.07) is 6.85. The van der Waals surface area contributed by atoms with Crippen LogP contribution in [-0.4, -0.2) is 29.2 Å². The van der Waals surface area contributed by atoms with Crippen LogP contribution in [0.3, 0.4) is 0 Å². The molecule has 1 atom stereocenters. The molecule has 0 aromatic heterocycles. The van der Waals surface area contributed by atoms with Crippen LogP contribution in [0.4, 0.5) is 0 Å². The molecule has 0 spiro atoms. The van der Waals surface area contributed by atoms with Crippen molar-refractivity contribution in [1.82, 2.24) is 5.32 Å². The first-order valence-electron chi connectivity index (χ1n) is 5.81. The van der Waals surface area contributed by atoms with Crippen LogP contribution < -0.4 is 5.32 Å². The number of aliphatic carboxylic acids is 1. The summed E-state index contributed by atoms with van der Waals surface area (Å²) in [5.41, 5.74) is 0.124. The Kier molecular flexibility index (Phi) is 5.69. The predicted octanol–water partition coefficient (Wildman–Crippen LogP) is 2.31. The molecule has 0 saturated heterocycles. The van der Waals surface area contributed by atoms with Crippen LogP contribution in [0.2, 0.25) is 0 Å². The molecular formula is C13H15BrN2O3. The Labute approximate surface area is 119 Å². The van der Waals surface area contributed by atoms with Gasteiger partial charge in [0, 0.05) is 22.5 Å². The van der Waals surface area contributed by atoms with Crippen LogP contribution in [0.25, 0.3) is 0 Å². The predicted molar refractivity (Wildman–Crippen MR) is 75.6 cm³/mol. The Morgan fingerprint density at radius 2 is 1.95 bits per heavy atom. The lowest BCUT2D eigenvalue weighted by atomic mass is 10.0. The molecule has 0 bridgehead atoms. The first-order chi connectivity index (χ1) is 8.95. The topological polar surface area (TPSA) is 90.3 Å². The van der Waals surface area contributed by atoms with E-state index < -0.39 is 11.9 Å². The maximum Gasteiger partial charge on any atom is 0.349 e. The molecule has 1 aromatic rings. The van der Waals surface area contributed by atoms with Gasteiger partial charge < -0.3 is 10.4 Å². The fourth-order valence-corrected chi connectivity index (χ4v) is 1.81. The molecule has 0 aliphatic heterocycles. The minimum absolute atomic E-state index is 0.149. The second-order valence-electron chi connectivity index (χ2n) is 4.04. The van der Waals surface area contributed by atoms with Crippen molar-refractivity contribution in [1.29, 1.82) is 5.41 Å². The third kappa shape index (κ3) is 4.48. The zero-order chi connectivity index (χ0) is 14.4. The Morgan fingerprint density at radius 1 is 1.37 bits per heavy atom. The van der Waals surface area contributed by atoms with Crippen LogP contribution >= 0.6 is 15.9 Å². The largest absolute Gasteiger partial charge is 0.477 e. The van der Waals surface area contributed by atoms with Crippen molar-refractivity contribution in [2.45, 2.75) is 13.3 Å². The van der Waals surface area contributed by atoms with E-state index in [2.05, 4.69) is 21.2 Å². The minimum atomic E-state index is -1.25. The number of rotatable bonds is 6. The van der Waals surface area contributed by atoms with E-state index >= 15 is 0 Å². The summed E-state index contributed by atoms with van der Waals surface area (Å²) < 4.78 is 0.878. The number of benzene rings is 1.